The molecule has 24 heavy (non-hydrogen) atoms. The zero-order valence-electron chi connectivity index (χ0n) is 13.4. The van der Waals surface area contributed by atoms with Gasteiger partial charge in [0.25, 0.3) is 0 Å². The van der Waals surface area contributed by atoms with Crippen LogP contribution >= 0.6 is 0 Å². The second kappa shape index (κ2) is 6.75. The highest BCUT2D eigenvalue weighted by molar-refractivity contribution is 5.93. The number of rotatable bonds is 7. The lowest BCUT2D eigenvalue weighted by Crippen LogP contribution is -2.65. The summed E-state index contributed by atoms with van der Waals surface area (Å²) in [6, 6.07) is 9.34. The van der Waals surface area contributed by atoms with Crippen LogP contribution in [0.3, 0.4) is 0 Å². The maximum absolute atomic E-state index is 12.9. The van der Waals surface area contributed by atoms with Gasteiger partial charge >= 0.3 is 5.97 Å². The van der Waals surface area contributed by atoms with Gasteiger partial charge in [-0.1, -0.05) is 36.4 Å². The molecule has 0 bridgehead atoms. The molecule has 3 rings (SSSR count). The first kappa shape index (κ1) is 16.7. The Morgan fingerprint density at radius 1 is 1.46 bits per heavy atom. The van der Waals surface area contributed by atoms with Gasteiger partial charge in [-0.3, -0.25) is 9.69 Å². The first-order valence-corrected chi connectivity index (χ1v) is 8.04. The van der Waals surface area contributed by atoms with Crippen molar-refractivity contribution in [3.05, 3.63) is 48.6 Å². The Bertz CT molecular complexity index is 632. The monoisotopic (exact) mass is 331 g/mol. The fourth-order valence-electron chi connectivity index (χ4n) is 3.47. The Kier molecular flexibility index (Phi) is 4.69. The van der Waals surface area contributed by atoms with Crippen LogP contribution in [0.5, 0.6) is 0 Å². The molecule has 2 heterocycles. The van der Waals surface area contributed by atoms with E-state index in [1.807, 2.05) is 30.3 Å². The Morgan fingerprint density at radius 2 is 2.21 bits per heavy atom. The number of ether oxygens (including phenoxy) is 2. The molecular formula is C18H21NO5. The number of aliphatic hydroxyl groups is 1. The third-order valence-electron chi connectivity index (χ3n) is 4.60. The van der Waals surface area contributed by atoms with Crippen LogP contribution in [0, 0.1) is 0 Å². The first-order chi connectivity index (χ1) is 11.6. The summed E-state index contributed by atoms with van der Waals surface area (Å²) in [4.78, 5) is 26.5. The Labute approximate surface area is 140 Å². The summed E-state index contributed by atoms with van der Waals surface area (Å²) in [6.07, 6.45) is 1.32. The van der Waals surface area contributed by atoms with Crippen molar-refractivity contribution in [1.82, 2.24) is 4.90 Å². The van der Waals surface area contributed by atoms with Gasteiger partial charge in [0.15, 0.2) is 5.54 Å². The van der Waals surface area contributed by atoms with Gasteiger partial charge in [-0.15, -0.1) is 6.58 Å². The van der Waals surface area contributed by atoms with E-state index >= 15 is 0 Å². The second-order valence-electron chi connectivity index (χ2n) is 6.04. The molecule has 2 unspecified atom stereocenters. The van der Waals surface area contributed by atoms with E-state index in [9.17, 15) is 14.7 Å². The number of carbonyl (C=O) groups is 2. The molecule has 0 saturated carbocycles. The molecule has 1 N–H and O–H groups in total. The largest absolute Gasteiger partial charge is 0.459 e. The summed E-state index contributed by atoms with van der Waals surface area (Å²) in [6.45, 7) is 3.70. The minimum atomic E-state index is -1.24. The van der Waals surface area contributed by atoms with Crippen molar-refractivity contribution in [1.29, 1.82) is 0 Å². The van der Waals surface area contributed by atoms with Crippen LogP contribution in [-0.4, -0.2) is 46.4 Å². The van der Waals surface area contributed by atoms with Crippen molar-refractivity contribution in [2.24, 2.45) is 0 Å². The van der Waals surface area contributed by atoms with Crippen molar-refractivity contribution < 1.29 is 24.2 Å². The zero-order chi connectivity index (χ0) is 17.2. The molecule has 6 nitrogen and oxygen atoms in total. The molecule has 1 aromatic rings. The molecule has 6 heteroatoms. The van der Waals surface area contributed by atoms with Gasteiger partial charge in [-0.2, -0.15) is 0 Å². The topological polar surface area (TPSA) is 76.1 Å². The number of esters is 1. The lowest BCUT2D eigenvalue weighted by molar-refractivity contribution is -0.174. The van der Waals surface area contributed by atoms with Gasteiger partial charge in [0.1, 0.15) is 12.8 Å². The number of amides is 1. The van der Waals surface area contributed by atoms with E-state index in [1.165, 1.54) is 4.90 Å². The fourth-order valence-corrected chi connectivity index (χ4v) is 3.47. The van der Waals surface area contributed by atoms with Gasteiger partial charge in [-0.25, -0.2) is 4.79 Å². The Hall–Kier alpha value is -2.18. The molecule has 2 fully saturated rings. The lowest BCUT2D eigenvalue weighted by Gasteiger charge is -2.43. The van der Waals surface area contributed by atoms with Crippen LogP contribution in [0.4, 0.5) is 0 Å². The molecule has 0 aliphatic carbocycles. The summed E-state index contributed by atoms with van der Waals surface area (Å²) in [5, 5.41) is 9.31. The summed E-state index contributed by atoms with van der Waals surface area (Å²) < 4.78 is 11.3. The predicted octanol–water partition coefficient (Wildman–Crippen LogP) is 1.38. The maximum Gasteiger partial charge on any atom is 0.335 e. The van der Waals surface area contributed by atoms with Gasteiger partial charge < -0.3 is 14.6 Å². The average Bonchev–Trinajstić information content (AvgIpc) is 2.83. The highest BCUT2D eigenvalue weighted by atomic mass is 16.6. The lowest BCUT2D eigenvalue weighted by atomic mass is 9.84. The molecule has 0 radical (unpaired) electrons. The quantitative estimate of drug-likeness (QED) is 0.464. The number of fused-ring (bicyclic) bond motifs is 1. The Balaban J connectivity index is 1.83. The third-order valence-corrected chi connectivity index (χ3v) is 4.60. The van der Waals surface area contributed by atoms with E-state index in [0.29, 0.717) is 0 Å². The van der Waals surface area contributed by atoms with Gasteiger partial charge in [0.05, 0.1) is 12.5 Å². The van der Waals surface area contributed by atoms with E-state index in [1.54, 1.807) is 6.08 Å². The summed E-state index contributed by atoms with van der Waals surface area (Å²) in [5.41, 5.74) is -0.372. The van der Waals surface area contributed by atoms with Crippen LogP contribution in [0.25, 0.3) is 0 Å². The number of hydrogen-bond acceptors (Lipinski definition) is 5. The summed E-state index contributed by atoms with van der Waals surface area (Å²) >= 11 is 0. The average molecular weight is 331 g/mol. The molecule has 1 aromatic carbocycles. The smallest absolute Gasteiger partial charge is 0.335 e. The number of β-lactam (4-membered cyclic amide) rings is 1. The van der Waals surface area contributed by atoms with Gasteiger partial charge in [-0.05, 0) is 12.0 Å². The van der Waals surface area contributed by atoms with Gasteiger partial charge in [0.2, 0.25) is 5.91 Å². The summed E-state index contributed by atoms with van der Waals surface area (Å²) in [5.74, 6) is -0.654. The molecule has 2 saturated heterocycles. The van der Waals surface area contributed by atoms with Crippen molar-refractivity contribution in [2.75, 3.05) is 6.61 Å². The number of aliphatic hydroxyl groups excluding tert-OH is 1. The third kappa shape index (κ3) is 2.61. The zero-order valence-corrected chi connectivity index (χ0v) is 13.4. The molecule has 0 aromatic heterocycles. The molecule has 3 atom stereocenters. The standard InChI is InChI=1S/C18H21NO5/c1-2-9-18(17(22)23-12-13-6-4-3-5-7-13)14(8-10-20)24-16-11-15(21)19(16)18/h2-7,14,16,20H,1,8-12H2/t14?,16-,18?/m1/s1. The van der Waals surface area contributed by atoms with Crippen molar-refractivity contribution in [3.8, 4) is 0 Å². The molecule has 0 spiro atoms. The van der Waals surface area contributed by atoms with E-state index in [4.69, 9.17) is 9.47 Å². The normalized spacial score (nSPS) is 28.2. The fraction of sp³-hybridized carbons (Fsp3) is 0.444. The SMILES string of the molecule is C=CCC1(C(=O)OCc2ccccc2)C(CCO)O[C@@H]2CC(=O)N21. The van der Waals surface area contributed by atoms with E-state index < -0.39 is 23.8 Å². The number of nitrogens with zero attached hydrogens (tertiary/aromatic N) is 1. The maximum atomic E-state index is 12.9. The first-order valence-electron chi connectivity index (χ1n) is 8.04. The van der Waals surface area contributed by atoms with Crippen LogP contribution in [-0.2, 0) is 25.7 Å². The van der Waals surface area contributed by atoms with Crippen molar-refractivity contribution >= 4 is 11.9 Å². The molecule has 1 amide bonds. The number of carbonyl (C=O) groups excluding carboxylic acids is 2. The van der Waals surface area contributed by atoms with Crippen LogP contribution in [0.2, 0.25) is 0 Å². The van der Waals surface area contributed by atoms with Gasteiger partial charge in [0, 0.05) is 13.0 Å². The van der Waals surface area contributed by atoms with E-state index in [-0.39, 0.29) is 38.4 Å². The number of benzene rings is 1. The number of hydrogen-bond donors (Lipinski definition) is 1. The van der Waals surface area contributed by atoms with Crippen LogP contribution < -0.4 is 0 Å². The molecular weight excluding hydrogens is 310 g/mol. The Morgan fingerprint density at radius 3 is 2.83 bits per heavy atom. The predicted molar refractivity (Wildman–Crippen MR) is 85.6 cm³/mol. The highest BCUT2D eigenvalue weighted by Crippen LogP contribution is 2.45. The van der Waals surface area contributed by atoms with Crippen LogP contribution in [0.1, 0.15) is 24.8 Å². The summed E-state index contributed by atoms with van der Waals surface area (Å²) in [7, 11) is 0. The molecule has 2 aliphatic heterocycles. The molecule has 2 aliphatic rings. The molecule has 128 valence electrons. The highest BCUT2D eigenvalue weighted by Gasteiger charge is 2.65. The van der Waals surface area contributed by atoms with E-state index in [2.05, 4.69) is 6.58 Å². The van der Waals surface area contributed by atoms with Crippen molar-refractivity contribution in [3.63, 3.8) is 0 Å². The van der Waals surface area contributed by atoms with Crippen molar-refractivity contribution in [2.45, 2.75) is 43.7 Å². The van der Waals surface area contributed by atoms with Crippen LogP contribution in [0.15, 0.2) is 43.0 Å². The van der Waals surface area contributed by atoms with E-state index in [0.717, 1.165) is 5.56 Å². The minimum absolute atomic E-state index is 0.122. The minimum Gasteiger partial charge on any atom is -0.459 e. The second-order valence-corrected chi connectivity index (χ2v) is 6.04.